The van der Waals surface area contributed by atoms with Crippen molar-refractivity contribution in [3.8, 4) is 5.75 Å². The Morgan fingerprint density at radius 3 is 2.70 bits per heavy atom. The summed E-state index contributed by atoms with van der Waals surface area (Å²) in [6, 6.07) is 5.60. The number of amides is 1. The monoisotopic (exact) mass is 319 g/mol. The number of nitrogens with one attached hydrogen (secondary N) is 1. The van der Waals surface area contributed by atoms with Crippen LogP contribution in [-0.2, 0) is 9.59 Å². The minimum atomic E-state index is -0.795. The largest absolute Gasteiger partial charge is 0.494 e. The van der Waals surface area contributed by atoms with Crippen molar-refractivity contribution in [2.75, 3.05) is 11.9 Å². The van der Waals surface area contributed by atoms with Crippen LogP contribution in [0.25, 0.3) is 0 Å². The van der Waals surface area contributed by atoms with Gasteiger partial charge in [-0.25, -0.2) is 0 Å². The van der Waals surface area contributed by atoms with Gasteiger partial charge in [-0.15, -0.1) is 0 Å². The average Bonchev–Trinajstić information content (AvgIpc) is 2.55. The molecule has 0 radical (unpaired) electrons. The average molecular weight is 319 g/mol. The summed E-state index contributed by atoms with van der Waals surface area (Å²) in [5.74, 6) is -0.700. The molecule has 1 amide bonds. The molecule has 0 heterocycles. The van der Waals surface area contributed by atoms with E-state index in [1.807, 2.05) is 25.1 Å². The zero-order chi connectivity index (χ0) is 16.8. The van der Waals surface area contributed by atoms with Crippen LogP contribution in [0.4, 0.5) is 5.69 Å². The maximum absolute atomic E-state index is 12.4. The van der Waals surface area contributed by atoms with Crippen LogP contribution in [0.5, 0.6) is 5.75 Å². The van der Waals surface area contributed by atoms with E-state index in [9.17, 15) is 9.59 Å². The molecular weight excluding hydrogens is 294 g/mol. The van der Waals surface area contributed by atoms with Gasteiger partial charge in [-0.2, -0.15) is 0 Å². The molecule has 2 unspecified atom stereocenters. The number of benzene rings is 1. The number of carbonyl (C=O) groups is 2. The number of anilines is 1. The molecule has 0 aliphatic heterocycles. The van der Waals surface area contributed by atoms with E-state index in [1.165, 1.54) is 0 Å². The molecule has 5 heteroatoms. The fourth-order valence-corrected chi connectivity index (χ4v) is 2.97. The third-order valence-electron chi connectivity index (χ3n) is 4.32. The van der Waals surface area contributed by atoms with Crippen molar-refractivity contribution in [1.29, 1.82) is 0 Å². The molecule has 2 N–H and O–H groups in total. The normalized spacial score (nSPS) is 20.8. The minimum absolute atomic E-state index is 0.0822. The summed E-state index contributed by atoms with van der Waals surface area (Å²) in [4.78, 5) is 23.5. The van der Waals surface area contributed by atoms with E-state index in [2.05, 4.69) is 12.2 Å². The highest BCUT2D eigenvalue weighted by Gasteiger charge is 2.31. The first-order valence-electron chi connectivity index (χ1n) is 8.28. The molecule has 5 nitrogen and oxygen atoms in total. The van der Waals surface area contributed by atoms with Crippen LogP contribution in [-0.4, -0.2) is 23.6 Å². The van der Waals surface area contributed by atoms with Crippen molar-refractivity contribution < 1.29 is 19.4 Å². The Labute approximate surface area is 137 Å². The lowest BCUT2D eigenvalue weighted by molar-refractivity contribution is -0.143. The molecule has 2 atom stereocenters. The number of aryl methyl sites for hydroxylation is 1. The smallest absolute Gasteiger partial charge is 0.306 e. The van der Waals surface area contributed by atoms with Gasteiger partial charge in [0.05, 0.1) is 12.5 Å². The van der Waals surface area contributed by atoms with Gasteiger partial charge in [0.15, 0.2) is 0 Å². The van der Waals surface area contributed by atoms with E-state index in [1.54, 1.807) is 0 Å². The van der Waals surface area contributed by atoms with Crippen LogP contribution in [0.15, 0.2) is 18.2 Å². The van der Waals surface area contributed by atoms with Crippen LogP contribution in [0.1, 0.15) is 44.6 Å². The number of carboxylic acid groups (broad SMARTS) is 1. The van der Waals surface area contributed by atoms with E-state index >= 15 is 0 Å². The van der Waals surface area contributed by atoms with Gasteiger partial charge in [-0.3, -0.25) is 9.59 Å². The molecule has 0 saturated heterocycles. The summed E-state index contributed by atoms with van der Waals surface area (Å²) in [5.41, 5.74) is 1.70. The lowest BCUT2D eigenvalue weighted by Gasteiger charge is -2.26. The van der Waals surface area contributed by atoms with Gasteiger partial charge in [-0.1, -0.05) is 13.3 Å². The SMILES string of the molecule is CCCOc1ccc(NC(=O)C2CCCC(C(=O)O)C2)c(C)c1. The third-order valence-corrected chi connectivity index (χ3v) is 4.32. The molecule has 1 aliphatic rings. The quantitative estimate of drug-likeness (QED) is 0.840. The van der Waals surface area contributed by atoms with Gasteiger partial charge >= 0.3 is 5.97 Å². The topological polar surface area (TPSA) is 75.6 Å². The number of carbonyl (C=O) groups excluding carboxylic acids is 1. The van der Waals surface area contributed by atoms with E-state index in [4.69, 9.17) is 9.84 Å². The number of hydrogen-bond donors (Lipinski definition) is 2. The second-order valence-corrected chi connectivity index (χ2v) is 6.21. The highest BCUT2D eigenvalue weighted by molar-refractivity contribution is 5.93. The number of aliphatic carboxylic acids is 1. The molecule has 0 aromatic heterocycles. The van der Waals surface area contributed by atoms with Crippen molar-refractivity contribution in [3.63, 3.8) is 0 Å². The molecule has 1 saturated carbocycles. The van der Waals surface area contributed by atoms with Crippen LogP contribution >= 0.6 is 0 Å². The second-order valence-electron chi connectivity index (χ2n) is 6.21. The molecular formula is C18H25NO4. The Morgan fingerprint density at radius 2 is 2.04 bits per heavy atom. The zero-order valence-corrected chi connectivity index (χ0v) is 13.8. The first-order chi connectivity index (χ1) is 11.0. The summed E-state index contributed by atoms with van der Waals surface area (Å²) in [6.45, 7) is 4.65. The van der Waals surface area contributed by atoms with E-state index in [0.29, 0.717) is 19.4 Å². The minimum Gasteiger partial charge on any atom is -0.494 e. The highest BCUT2D eigenvalue weighted by atomic mass is 16.5. The van der Waals surface area contributed by atoms with Gasteiger partial charge in [0, 0.05) is 11.6 Å². The van der Waals surface area contributed by atoms with Crippen LogP contribution in [0.2, 0.25) is 0 Å². The van der Waals surface area contributed by atoms with Crippen LogP contribution in [0, 0.1) is 18.8 Å². The summed E-state index contributed by atoms with van der Waals surface area (Å²) in [5, 5.41) is 12.1. The molecule has 0 spiro atoms. The van der Waals surface area contributed by atoms with E-state index in [0.717, 1.165) is 36.3 Å². The lowest BCUT2D eigenvalue weighted by atomic mass is 9.81. The number of carboxylic acids is 1. The molecule has 23 heavy (non-hydrogen) atoms. The van der Waals surface area contributed by atoms with Crippen molar-refractivity contribution >= 4 is 17.6 Å². The predicted molar refractivity (Wildman–Crippen MR) is 88.7 cm³/mol. The third kappa shape index (κ3) is 4.71. The molecule has 1 fully saturated rings. The number of rotatable bonds is 6. The summed E-state index contributed by atoms with van der Waals surface area (Å²) in [6.07, 6.45) is 3.59. The fraction of sp³-hybridized carbons (Fsp3) is 0.556. The molecule has 2 rings (SSSR count). The first-order valence-corrected chi connectivity index (χ1v) is 8.28. The number of ether oxygens (including phenoxy) is 1. The van der Waals surface area contributed by atoms with Gasteiger partial charge in [-0.05, 0) is 56.4 Å². The molecule has 0 bridgehead atoms. The maximum atomic E-state index is 12.4. The van der Waals surface area contributed by atoms with Gasteiger partial charge < -0.3 is 15.2 Å². The van der Waals surface area contributed by atoms with Gasteiger partial charge in [0.2, 0.25) is 5.91 Å². The fourth-order valence-electron chi connectivity index (χ4n) is 2.97. The standard InChI is InChI=1S/C18H25NO4/c1-3-9-23-15-7-8-16(12(2)10-15)19-17(20)13-5-4-6-14(11-13)18(21)22/h7-8,10,13-14H,3-6,9,11H2,1-2H3,(H,19,20)(H,21,22). The van der Waals surface area contributed by atoms with Crippen molar-refractivity contribution in [1.82, 2.24) is 0 Å². The van der Waals surface area contributed by atoms with Gasteiger partial charge in [0.1, 0.15) is 5.75 Å². The molecule has 1 aliphatic carbocycles. The van der Waals surface area contributed by atoms with Crippen molar-refractivity contribution in [3.05, 3.63) is 23.8 Å². The Hall–Kier alpha value is -2.04. The first kappa shape index (κ1) is 17.3. The second kappa shape index (κ2) is 7.99. The maximum Gasteiger partial charge on any atom is 0.306 e. The lowest BCUT2D eigenvalue weighted by Crippen LogP contribution is -2.31. The molecule has 1 aromatic carbocycles. The summed E-state index contributed by atoms with van der Waals surface area (Å²) >= 11 is 0. The zero-order valence-electron chi connectivity index (χ0n) is 13.8. The Kier molecular flexibility index (Phi) is 6.02. The molecule has 1 aromatic rings. The van der Waals surface area contributed by atoms with Crippen molar-refractivity contribution in [2.24, 2.45) is 11.8 Å². The number of hydrogen-bond acceptors (Lipinski definition) is 3. The predicted octanol–water partition coefficient (Wildman–Crippen LogP) is 3.61. The van der Waals surface area contributed by atoms with Crippen molar-refractivity contribution in [2.45, 2.75) is 46.0 Å². The Bertz CT molecular complexity index is 570. The Balaban J connectivity index is 1.98. The summed E-state index contributed by atoms with van der Waals surface area (Å²) in [7, 11) is 0. The molecule has 126 valence electrons. The van der Waals surface area contributed by atoms with Crippen LogP contribution < -0.4 is 10.1 Å². The Morgan fingerprint density at radius 1 is 1.30 bits per heavy atom. The summed E-state index contributed by atoms with van der Waals surface area (Å²) < 4.78 is 5.57. The van der Waals surface area contributed by atoms with Crippen LogP contribution in [0.3, 0.4) is 0 Å². The van der Waals surface area contributed by atoms with E-state index < -0.39 is 11.9 Å². The highest BCUT2D eigenvalue weighted by Crippen LogP contribution is 2.31. The van der Waals surface area contributed by atoms with E-state index in [-0.39, 0.29) is 11.8 Å². The van der Waals surface area contributed by atoms with Gasteiger partial charge in [0.25, 0.3) is 0 Å².